The van der Waals surface area contributed by atoms with Gasteiger partial charge in [0.1, 0.15) is 0 Å². The normalized spacial score (nSPS) is 22.8. The SMILES string of the molecule is Cc1ccc(N2CC(C(=O)N(C)C(C)C3CC3)CC2=O)cc1. The fraction of sp³-hybridized carbons (Fsp3) is 0.556. The van der Waals surface area contributed by atoms with E-state index in [0.29, 0.717) is 18.9 Å². The molecule has 3 rings (SSSR count). The zero-order valence-corrected chi connectivity index (χ0v) is 13.6. The van der Waals surface area contributed by atoms with Crippen LogP contribution in [0.5, 0.6) is 0 Å². The molecule has 1 saturated heterocycles. The van der Waals surface area contributed by atoms with Crippen molar-refractivity contribution in [3.05, 3.63) is 29.8 Å². The average Bonchev–Trinajstić information content (AvgIpc) is 3.29. The minimum Gasteiger partial charge on any atom is -0.342 e. The van der Waals surface area contributed by atoms with Crippen LogP contribution in [0.1, 0.15) is 31.7 Å². The summed E-state index contributed by atoms with van der Waals surface area (Å²) in [6, 6.07) is 8.20. The van der Waals surface area contributed by atoms with Gasteiger partial charge in [-0.2, -0.15) is 0 Å². The molecule has 0 spiro atoms. The summed E-state index contributed by atoms with van der Waals surface area (Å²) < 4.78 is 0. The lowest BCUT2D eigenvalue weighted by atomic mass is 10.1. The van der Waals surface area contributed by atoms with Crippen LogP contribution in [-0.2, 0) is 9.59 Å². The number of rotatable bonds is 4. The molecule has 1 aliphatic carbocycles. The van der Waals surface area contributed by atoms with Crippen molar-refractivity contribution in [1.82, 2.24) is 4.90 Å². The van der Waals surface area contributed by atoms with Crippen LogP contribution in [0.15, 0.2) is 24.3 Å². The Balaban J connectivity index is 1.68. The number of nitrogens with zero attached hydrogens (tertiary/aromatic N) is 2. The van der Waals surface area contributed by atoms with Gasteiger partial charge in [0.15, 0.2) is 0 Å². The molecule has 1 aromatic carbocycles. The van der Waals surface area contributed by atoms with E-state index in [0.717, 1.165) is 5.69 Å². The fourth-order valence-electron chi connectivity index (χ4n) is 3.23. The van der Waals surface area contributed by atoms with Gasteiger partial charge in [-0.3, -0.25) is 9.59 Å². The van der Waals surface area contributed by atoms with Crippen LogP contribution in [0.25, 0.3) is 0 Å². The molecule has 2 aliphatic rings. The minimum atomic E-state index is -0.208. The summed E-state index contributed by atoms with van der Waals surface area (Å²) in [5.41, 5.74) is 2.06. The van der Waals surface area contributed by atoms with Gasteiger partial charge in [0.05, 0.1) is 5.92 Å². The Hall–Kier alpha value is -1.84. The standard InChI is InChI=1S/C18H24N2O2/c1-12-4-8-16(9-5-12)20-11-15(10-17(20)21)18(22)19(3)13(2)14-6-7-14/h4-5,8-9,13-15H,6-7,10-11H2,1-3H3. The molecule has 2 fully saturated rings. The summed E-state index contributed by atoms with van der Waals surface area (Å²) in [5, 5.41) is 0. The van der Waals surface area contributed by atoms with E-state index in [2.05, 4.69) is 6.92 Å². The highest BCUT2D eigenvalue weighted by Crippen LogP contribution is 2.36. The quantitative estimate of drug-likeness (QED) is 0.857. The second kappa shape index (κ2) is 5.75. The van der Waals surface area contributed by atoms with Crippen molar-refractivity contribution < 1.29 is 9.59 Å². The predicted octanol–water partition coefficient (Wildman–Crippen LogP) is 2.60. The average molecular weight is 300 g/mol. The highest BCUT2D eigenvalue weighted by Gasteiger charge is 2.39. The van der Waals surface area contributed by atoms with Gasteiger partial charge in [-0.1, -0.05) is 17.7 Å². The summed E-state index contributed by atoms with van der Waals surface area (Å²) in [6.07, 6.45) is 2.77. The number of hydrogen-bond donors (Lipinski definition) is 0. The Kier molecular flexibility index (Phi) is 3.94. The lowest BCUT2D eigenvalue weighted by molar-refractivity contribution is -0.136. The maximum Gasteiger partial charge on any atom is 0.228 e. The maximum atomic E-state index is 12.6. The van der Waals surface area contributed by atoms with Crippen molar-refractivity contribution >= 4 is 17.5 Å². The van der Waals surface area contributed by atoms with Crippen molar-refractivity contribution in [2.24, 2.45) is 11.8 Å². The van der Waals surface area contributed by atoms with Crippen LogP contribution in [-0.4, -0.2) is 36.3 Å². The van der Waals surface area contributed by atoms with Gasteiger partial charge in [-0.15, -0.1) is 0 Å². The first-order valence-electron chi connectivity index (χ1n) is 8.11. The van der Waals surface area contributed by atoms with Crippen LogP contribution in [0.3, 0.4) is 0 Å². The molecule has 1 aromatic rings. The topological polar surface area (TPSA) is 40.6 Å². The molecule has 0 radical (unpaired) electrons. The third kappa shape index (κ3) is 2.87. The molecule has 0 N–H and O–H groups in total. The molecular formula is C18H24N2O2. The lowest BCUT2D eigenvalue weighted by Crippen LogP contribution is -2.41. The fourth-order valence-corrected chi connectivity index (χ4v) is 3.23. The lowest BCUT2D eigenvalue weighted by Gasteiger charge is -2.27. The number of anilines is 1. The molecule has 2 amide bonds. The van der Waals surface area contributed by atoms with Gasteiger partial charge in [0.25, 0.3) is 0 Å². The van der Waals surface area contributed by atoms with E-state index >= 15 is 0 Å². The van der Waals surface area contributed by atoms with E-state index in [4.69, 9.17) is 0 Å². The van der Waals surface area contributed by atoms with Gasteiger partial charge in [-0.05, 0) is 44.7 Å². The predicted molar refractivity (Wildman–Crippen MR) is 86.6 cm³/mol. The second-order valence-corrected chi connectivity index (χ2v) is 6.77. The number of amides is 2. The number of carbonyl (C=O) groups excluding carboxylic acids is 2. The minimum absolute atomic E-state index is 0.0506. The van der Waals surface area contributed by atoms with Gasteiger partial charge in [-0.25, -0.2) is 0 Å². The van der Waals surface area contributed by atoms with Gasteiger partial charge >= 0.3 is 0 Å². The molecule has 2 unspecified atom stereocenters. The van der Waals surface area contributed by atoms with Crippen LogP contribution in [0.2, 0.25) is 0 Å². The molecule has 0 aromatic heterocycles. The molecule has 2 atom stereocenters. The molecule has 1 saturated carbocycles. The van der Waals surface area contributed by atoms with E-state index < -0.39 is 0 Å². The van der Waals surface area contributed by atoms with Crippen LogP contribution in [0, 0.1) is 18.8 Å². The summed E-state index contributed by atoms with van der Waals surface area (Å²) >= 11 is 0. The monoisotopic (exact) mass is 300 g/mol. The molecule has 118 valence electrons. The second-order valence-electron chi connectivity index (χ2n) is 6.77. The molecular weight excluding hydrogens is 276 g/mol. The highest BCUT2D eigenvalue weighted by molar-refractivity contribution is 6.00. The first-order chi connectivity index (χ1) is 10.5. The zero-order valence-electron chi connectivity index (χ0n) is 13.6. The Morgan fingerprint density at radius 1 is 1.27 bits per heavy atom. The summed E-state index contributed by atoms with van der Waals surface area (Å²) in [6.45, 7) is 4.64. The smallest absolute Gasteiger partial charge is 0.228 e. The van der Waals surface area contributed by atoms with Gasteiger partial charge < -0.3 is 9.80 Å². The third-order valence-corrected chi connectivity index (χ3v) is 5.08. The maximum absolute atomic E-state index is 12.6. The molecule has 0 bridgehead atoms. The third-order valence-electron chi connectivity index (χ3n) is 5.08. The molecule has 1 heterocycles. The molecule has 22 heavy (non-hydrogen) atoms. The molecule has 1 aliphatic heterocycles. The Morgan fingerprint density at radius 3 is 2.50 bits per heavy atom. The van der Waals surface area contributed by atoms with Crippen LogP contribution >= 0.6 is 0 Å². The largest absolute Gasteiger partial charge is 0.342 e. The van der Waals surface area contributed by atoms with E-state index in [1.165, 1.54) is 18.4 Å². The Labute approximate surface area is 132 Å². The summed E-state index contributed by atoms with van der Waals surface area (Å²) in [7, 11) is 1.88. The van der Waals surface area contributed by atoms with Crippen molar-refractivity contribution in [2.75, 3.05) is 18.5 Å². The van der Waals surface area contributed by atoms with E-state index in [9.17, 15) is 9.59 Å². The van der Waals surface area contributed by atoms with Crippen molar-refractivity contribution in [2.45, 2.75) is 39.2 Å². The van der Waals surface area contributed by atoms with E-state index in [1.54, 1.807) is 4.90 Å². The van der Waals surface area contributed by atoms with E-state index in [-0.39, 0.29) is 23.8 Å². The summed E-state index contributed by atoms with van der Waals surface area (Å²) in [5.74, 6) is 0.608. The van der Waals surface area contributed by atoms with Crippen molar-refractivity contribution in [3.63, 3.8) is 0 Å². The van der Waals surface area contributed by atoms with Gasteiger partial charge in [0, 0.05) is 31.7 Å². The Bertz CT molecular complexity index is 577. The number of benzene rings is 1. The van der Waals surface area contributed by atoms with E-state index in [1.807, 2.05) is 43.1 Å². The number of aryl methyl sites for hydroxylation is 1. The summed E-state index contributed by atoms with van der Waals surface area (Å²) in [4.78, 5) is 28.5. The Morgan fingerprint density at radius 2 is 1.91 bits per heavy atom. The van der Waals surface area contributed by atoms with Crippen molar-refractivity contribution in [3.8, 4) is 0 Å². The molecule has 4 heteroatoms. The van der Waals surface area contributed by atoms with Gasteiger partial charge in [0.2, 0.25) is 11.8 Å². The van der Waals surface area contributed by atoms with Crippen LogP contribution in [0.4, 0.5) is 5.69 Å². The molecule has 4 nitrogen and oxygen atoms in total. The number of carbonyl (C=O) groups is 2. The van der Waals surface area contributed by atoms with Crippen molar-refractivity contribution in [1.29, 1.82) is 0 Å². The zero-order chi connectivity index (χ0) is 15.9. The number of hydrogen-bond acceptors (Lipinski definition) is 2. The highest BCUT2D eigenvalue weighted by atomic mass is 16.2. The van der Waals surface area contributed by atoms with Crippen LogP contribution < -0.4 is 4.90 Å². The first kappa shape index (κ1) is 15.1. The first-order valence-corrected chi connectivity index (χ1v) is 8.11.